The summed E-state index contributed by atoms with van der Waals surface area (Å²) < 4.78 is 51.6. The van der Waals surface area contributed by atoms with Crippen molar-refractivity contribution in [2.75, 3.05) is 13.1 Å². The molecule has 0 aromatic heterocycles. The molecule has 1 saturated carbocycles. The number of rotatable bonds is 3. The summed E-state index contributed by atoms with van der Waals surface area (Å²) in [7, 11) is 0. The van der Waals surface area contributed by atoms with Crippen LogP contribution in [0.15, 0.2) is 18.2 Å². The monoisotopic (exact) mass is 331 g/mol. The molecule has 3 rings (SSSR count). The molecule has 1 aromatic carbocycles. The van der Waals surface area contributed by atoms with Gasteiger partial charge in [-0.15, -0.1) is 0 Å². The van der Waals surface area contributed by atoms with Gasteiger partial charge in [-0.25, -0.2) is 4.39 Å². The molecule has 0 amide bonds. The number of hydrogen-bond acceptors (Lipinski definition) is 2. The van der Waals surface area contributed by atoms with Crippen LogP contribution < -0.4 is 0 Å². The maximum atomic E-state index is 13.3. The summed E-state index contributed by atoms with van der Waals surface area (Å²) in [4.78, 5) is 13.5. The van der Waals surface area contributed by atoms with Crippen molar-refractivity contribution in [1.82, 2.24) is 4.90 Å². The van der Waals surface area contributed by atoms with Gasteiger partial charge in [0.05, 0.1) is 11.0 Å². The van der Waals surface area contributed by atoms with Crippen LogP contribution in [0.4, 0.5) is 17.6 Å². The van der Waals surface area contributed by atoms with Crippen molar-refractivity contribution < 1.29 is 27.5 Å². The van der Waals surface area contributed by atoms with E-state index in [0.29, 0.717) is 25.1 Å². The Bertz CT molecular complexity index is 631. The lowest BCUT2D eigenvalue weighted by atomic mass is 9.81. The summed E-state index contributed by atoms with van der Waals surface area (Å²) in [6.45, 7) is 1.10. The number of likely N-dealkylation sites (tertiary alicyclic amines) is 1. The molecule has 1 N–H and O–H groups in total. The van der Waals surface area contributed by atoms with Crippen molar-refractivity contribution in [3.8, 4) is 0 Å². The Morgan fingerprint density at radius 3 is 2.74 bits per heavy atom. The molecule has 2 atom stereocenters. The third kappa shape index (κ3) is 2.82. The average molecular weight is 331 g/mol. The average Bonchev–Trinajstić information content (AvgIpc) is 2.97. The van der Waals surface area contributed by atoms with Gasteiger partial charge in [0, 0.05) is 19.6 Å². The maximum absolute atomic E-state index is 13.3. The summed E-state index contributed by atoms with van der Waals surface area (Å²) >= 11 is 0. The fourth-order valence-corrected chi connectivity index (χ4v) is 4.01. The molecule has 1 aliphatic heterocycles. The molecular weight excluding hydrogens is 314 g/mol. The third-order valence-corrected chi connectivity index (χ3v) is 5.11. The van der Waals surface area contributed by atoms with Crippen LogP contribution in [-0.2, 0) is 17.5 Å². The van der Waals surface area contributed by atoms with Crippen molar-refractivity contribution in [3.63, 3.8) is 0 Å². The lowest BCUT2D eigenvalue weighted by Crippen LogP contribution is -2.35. The number of alkyl halides is 3. The molecule has 0 unspecified atom stereocenters. The number of carboxylic acid groups (broad SMARTS) is 1. The molecule has 2 aliphatic rings. The minimum atomic E-state index is -4.73. The molecule has 3 nitrogen and oxygen atoms in total. The van der Waals surface area contributed by atoms with E-state index in [1.165, 1.54) is 6.07 Å². The smallest absolute Gasteiger partial charge is 0.419 e. The lowest BCUT2D eigenvalue weighted by Gasteiger charge is -2.23. The second-order valence-electron chi connectivity index (χ2n) is 6.53. The van der Waals surface area contributed by atoms with Crippen LogP contribution in [0.5, 0.6) is 0 Å². The van der Waals surface area contributed by atoms with Gasteiger partial charge in [0.2, 0.25) is 0 Å². The van der Waals surface area contributed by atoms with Gasteiger partial charge in [-0.2, -0.15) is 13.2 Å². The van der Waals surface area contributed by atoms with Gasteiger partial charge in [0.1, 0.15) is 5.82 Å². The Morgan fingerprint density at radius 1 is 1.39 bits per heavy atom. The molecule has 1 heterocycles. The van der Waals surface area contributed by atoms with E-state index in [4.69, 9.17) is 0 Å². The van der Waals surface area contributed by atoms with Crippen LogP contribution in [0, 0.1) is 17.2 Å². The highest BCUT2D eigenvalue weighted by molar-refractivity contribution is 5.76. The van der Waals surface area contributed by atoms with E-state index in [9.17, 15) is 27.5 Å². The number of fused-ring (bicyclic) bond motifs is 1. The zero-order valence-corrected chi connectivity index (χ0v) is 12.4. The molecule has 1 aliphatic carbocycles. The fraction of sp³-hybridized carbons (Fsp3) is 0.562. The molecule has 1 aromatic rings. The summed E-state index contributed by atoms with van der Waals surface area (Å²) in [6, 6.07) is 2.96. The summed E-state index contributed by atoms with van der Waals surface area (Å²) in [5.74, 6) is -2.07. The number of carboxylic acids is 1. The molecule has 2 fully saturated rings. The van der Waals surface area contributed by atoms with Crippen LogP contribution in [-0.4, -0.2) is 29.1 Å². The van der Waals surface area contributed by atoms with E-state index < -0.39 is 28.9 Å². The molecule has 126 valence electrons. The topological polar surface area (TPSA) is 40.5 Å². The maximum Gasteiger partial charge on any atom is 0.419 e. The number of carbonyl (C=O) groups is 1. The first-order valence-corrected chi connectivity index (χ1v) is 7.54. The van der Waals surface area contributed by atoms with Crippen LogP contribution in [0.2, 0.25) is 0 Å². The van der Waals surface area contributed by atoms with E-state index in [2.05, 4.69) is 0 Å². The fourth-order valence-electron chi connectivity index (χ4n) is 4.01. The van der Waals surface area contributed by atoms with E-state index in [1.54, 1.807) is 0 Å². The summed E-state index contributed by atoms with van der Waals surface area (Å²) in [5, 5.41) is 9.52. The predicted octanol–water partition coefficient (Wildman–Crippen LogP) is 3.53. The van der Waals surface area contributed by atoms with Crippen molar-refractivity contribution >= 4 is 5.97 Å². The van der Waals surface area contributed by atoms with E-state index in [-0.39, 0.29) is 12.5 Å². The number of aliphatic carboxylic acids is 1. The van der Waals surface area contributed by atoms with Crippen LogP contribution >= 0.6 is 0 Å². The Morgan fingerprint density at radius 2 is 2.13 bits per heavy atom. The molecule has 0 bridgehead atoms. The second-order valence-corrected chi connectivity index (χ2v) is 6.53. The van der Waals surface area contributed by atoms with Gasteiger partial charge >= 0.3 is 12.1 Å². The first kappa shape index (κ1) is 16.2. The number of halogens is 4. The van der Waals surface area contributed by atoms with Crippen LogP contribution in [0.3, 0.4) is 0 Å². The number of benzene rings is 1. The highest BCUT2D eigenvalue weighted by Gasteiger charge is 2.54. The summed E-state index contributed by atoms with van der Waals surface area (Å²) in [5.41, 5.74) is -1.70. The standard InChI is InChI=1S/C16H17F4NO2/c17-13-4-3-10(6-12(13)16(18,19)20)7-21-8-11-2-1-5-15(11,9-21)14(22)23/h3-4,6,11H,1-2,5,7-9H2,(H,22,23)/t11-,15+/m0/s1. The largest absolute Gasteiger partial charge is 0.481 e. The Labute approximate surface area is 130 Å². The predicted molar refractivity (Wildman–Crippen MR) is 74.1 cm³/mol. The Balaban J connectivity index is 1.78. The first-order chi connectivity index (χ1) is 10.7. The van der Waals surface area contributed by atoms with E-state index in [1.807, 2.05) is 4.90 Å². The highest BCUT2D eigenvalue weighted by atomic mass is 19.4. The quantitative estimate of drug-likeness (QED) is 0.862. The zero-order valence-electron chi connectivity index (χ0n) is 12.4. The first-order valence-electron chi connectivity index (χ1n) is 7.54. The van der Waals surface area contributed by atoms with Gasteiger partial charge < -0.3 is 5.11 Å². The minimum absolute atomic E-state index is 0.0440. The van der Waals surface area contributed by atoms with Crippen molar-refractivity contribution in [3.05, 3.63) is 35.1 Å². The summed E-state index contributed by atoms with van der Waals surface area (Å²) in [6.07, 6.45) is -2.41. The molecule has 7 heteroatoms. The second kappa shape index (κ2) is 5.47. The number of nitrogens with zero attached hydrogens (tertiary/aromatic N) is 1. The minimum Gasteiger partial charge on any atom is -0.481 e. The molecule has 0 spiro atoms. The number of hydrogen-bond donors (Lipinski definition) is 1. The normalized spacial score (nSPS) is 28.1. The highest BCUT2D eigenvalue weighted by Crippen LogP contribution is 2.49. The van der Waals surface area contributed by atoms with Gasteiger partial charge in [-0.05, 0) is 36.5 Å². The molecular formula is C16H17F4NO2. The van der Waals surface area contributed by atoms with Crippen molar-refractivity contribution in [1.29, 1.82) is 0 Å². The SMILES string of the molecule is O=C(O)[C@@]12CCC[C@H]1CN(Cc1ccc(F)c(C(F)(F)F)c1)C2. The lowest BCUT2D eigenvalue weighted by molar-refractivity contribution is -0.149. The van der Waals surface area contributed by atoms with Crippen LogP contribution in [0.25, 0.3) is 0 Å². The van der Waals surface area contributed by atoms with E-state index in [0.717, 1.165) is 25.0 Å². The van der Waals surface area contributed by atoms with E-state index >= 15 is 0 Å². The molecule has 23 heavy (non-hydrogen) atoms. The Kier molecular flexibility index (Phi) is 3.86. The van der Waals surface area contributed by atoms with Gasteiger partial charge in [-0.1, -0.05) is 12.5 Å². The van der Waals surface area contributed by atoms with Gasteiger partial charge in [0.15, 0.2) is 0 Å². The molecule has 1 saturated heterocycles. The van der Waals surface area contributed by atoms with Crippen LogP contribution in [0.1, 0.15) is 30.4 Å². The van der Waals surface area contributed by atoms with Crippen molar-refractivity contribution in [2.45, 2.75) is 32.0 Å². The van der Waals surface area contributed by atoms with Gasteiger partial charge in [0.25, 0.3) is 0 Å². The van der Waals surface area contributed by atoms with Crippen molar-refractivity contribution in [2.24, 2.45) is 11.3 Å². The Hall–Kier alpha value is -1.63. The molecule has 0 radical (unpaired) electrons. The zero-order chi connectivity index (χ0) is 16.8. The van der Waals surface area contributed by atoms with Gasteiger partial charge in [-0.3, -0.25) is 9.69 Å². The third-order valence-electron chi connectivity index (χ3n) is 5.11.